The monoisotopic (exact) mass is 434 g/mol. The summed E-state index contributed by atoms with van der Waals surface area (Å²) >= 11 is 5.94. The molecular formula is C19H19ClN4O4S. The third-order valence-electron chi connectivity index (χ3n) is 4.18. The van der Waals surface area contributed by atoms with Crippen molar-refractivity contribution in [1.29, 1.82) is 0 Å². The number of nitrogens with one attached hydrogen (secondary N) is 1. The zero-order chi connectivity index (χ0) is 21.0. The van der Waals surface area contributed by atoms with Crippen LogP contribution in [0.3, 0.4) is 0 Å². The molecule has 1 amide bonds. The maximum atomic E-state index is 12.5. The molecule has 0 aliphatic rings. The van der Waals surface area contributed by atoms with Crippen LogP contribution in [0.25, 0.3) is 11.5 Å². The van der Waals surface area contributed by atoms with Crippen LogP contribution in [0, 0.1) is 0 Å². The second kappa shape index (κ2) is 8.73. The van der Waals surface area contributed by atoms with Gasteiger partial charge in [-0.2, -0.15) is 4.31 Å². The molecule has 29 heavy (non-hydrogen) atoms. The van der Waals surface area contributed by atoms with Gasteiger partial charge >= 0.3 is 6.01 Å². The molecule has 3 rings (SSSR count). The van der Waals surface area contributed by atoms with Crippen LogP contribution in [0.15, 0.2) is 57.8 Å². The fourth-order valence-corrected chi connectivity index (χ4v) is 4.32. The molecule has 0 fully saturated rings. The van der Waals surface area contributed by atoms with Crippen molar-refractivity contribution in [2.24, 2.45) is 0 Å². The first-order valence-corrected chi connectivity index (χ1v) is 10.7. The smallest absolute Gasteiger partial charge is 0.322 e. The number of nitrogens with zero attached hydrogens (tertiary/aromatic N) is 3. The number of hydrogen-bond acceptors (Lipinski definition) is 6. The van der Waals surface area contributed by atoms with Gasteiger partial charge in [0.05, 0.1) is 4.90 Å². The van der Waals surface area contributed by atoms with Crippen molar-refractivity contribution in [3.05, 3.63) is 59.1 Å². The largest absolute Gasteiger partial charge is 0.403 e. The Bertz CT molecular complexity index is 1110. The summed E-state index contributed by atoms with van der Waals surface area (Å²) in [6.07, 6.45) is 0. The molecule has 1 heterocycles. The van der Waals surface area contributed by atoms with E-state index in [-0.39, 0.29) is 22.4 Å². The highest BCUT2D eigenvalue weighted by Gasteiger charge is 2.22. The maximum Gasteiger partial charge on any atom is 0.322 e. The van der Waals surface area contributed by atoms with Gasteiger partial charge < -0.3 is 4.42 Å². The molecule has 0 spiro atoms. The molecule has 0 bridgehead atoms. The Kier molecular flexibility index (Phi) is 6.31. The molecule has 0 atom stereocenters. The summed E-state index contributed by atoms with van der Waals surface area (Å²) in [6, 6.07) is 12.4. The van der Waals surface area contributed by atoms with Gasteiger partial charge in [-0.05, 0) is 42.5 Å². The van der Waals surface area contributed by atoms with E-state index in [0.717, 1.165) is 0 Å². The van der Waals surface area contributed by atoms with Crippen LogP contribution in [-0.2, 0) is 10.0 Å². The minimum atomic E-state index is -3.58. The van der Waals surface area contributed by atoms with E-state index in [2.05, 4.69) is 15.5 Å². The van der Waals surface area contributed by atoms with E-state index in [1.807, 2.05) is 0 Å². The molecule has 1 aromatic heterocycles. The SMILES string of the molecule is CCN(CC)S(=O)(=O)c1ccc(C(=O)Nc2nnc(-c3cccc(Cl)c3)o2)cc1. The number of halogens is 1. The van der Waals surface area contributed by atoms with Crippen LogP contribution in [0.5, 0.6) is 0 Å². The normalized spacial score (nSPS) is 11.6. The van der Waals surface area contributed by atoms with E-state index in [1.54, 1.807) is 38.1 Å². The molecule has 0 aliphatic carbocycles. The van der Waals surface area contributed by atoms with Crippen LogP contribution in [0.4, 0.5) is 6.01 Å². The van der Waals surface area contributed by atoms with Gasteiger partial charge in [-0.3, -0.25) is 10.1 Å². The average Bonchev–Trinajstić information content (AvgIpc) is 3.17. The van der Waals surface area contributed by atoms with E-state index < -0.39 is 15.9 Å². The predicted octanol–water partition coefficient (Wildman–Crippen LogP) is 3.67. The minimum Gasteiger partial charge on any atom is -0.403 e. The van der Waals surface area contributed by atoms with Crippen LogP contribution in [-0.4, -0.2) is 41.9 Å². The summed E-state index contributed by atoms with van der Waals surface area (Å²) in [5.74, 6) is -0.290. The number of benzene rings is 2. The Morgan fingerprint density at radius 1 is 1.10 bits per heavy atom. The molecule has 2 aromatic carbocycles. The Hall–Kier alpha value is -2.75. The summed E-state index contributed by atoms with van der Waals surface area (Å²) in [7, 11) is -3.58. The van der Waals surface area contributed by atoms with Crippen LogP contribution in [0.2, 0.25) is 5.02 Å². The fourth-order valence-electron chi connectivity index (χ4n) is 2.67. The van der Waals surface area contributed by atoms with Gasteiger partial charge in [-0.25, -0.2) is 8.42 Å². The van der Waals surface area contributed by atoms with Gasteiger partial charge in [-0.15, -0.1) is 5.10 Å². The number of anilines is 1. The van der Waals surface area contributed by atoms with E-state index >= 15 is 0 Å². The Balaban J connectivity index is 1.73. The molecule has 0 unspecified atom stereocenters. The fraction of sp³-hybridized carbons (Fsp3) is 0.211. The zero-order valence-corrected chi connectivity index (χ0v) is 17.4. The van der Waals surface area contributed by atoms with Crippen molar-refractivity contribution in [2.45, 2.75) is 18.7 Å². The number of amides is 1. The van der Waals surface area contributed by atoms with Crippen LogP contribution in [0.1, 0.15) is 24.2 Å². The molecule has 1 N–H and O–H groups in total. The van der Waals surface area contributed by atoms with E-state index in [1.165, 1.54) is 28.6 Å². The van der Waals surface area contributed by atoms with E-state index in [0.29, 0.717) is 23.7 Å². The number of carbonyl (C=O) groups excluding carboxylic acids is 1. The second-order valence-corrected chi connectivity index (χ2v) is 8.36. The lowest BCUT2D eigenvalue weighted by Crippen LogP contribution is -2.30. The topological polar surface area (TPSA) is 105 Å². The lowest BCUT2D eigenvalue weighted by molar-refractivity contribution is 0.102. The van der Waals surface area contributed by atoms with Crippen molar-refractivity contribution in [3.8, 4) is 11.5 Å². The number of aromatic nitrogens is 2. The van der Waals surface area contributed by atoms with Gasteiger partial charge in [0.1, 0.15) is 0 Å². The standard InChI is InChI=1S/C19H19ClN4O4S/c1-3-24(4-2)29(26,27)16-10-8-13(9-11-16)17(25)21-19-23-22-18(28-19)14-6-5-7-15(20)12-14/h5-12H,3-4H2,1-2H3,(H,21,23,25). The minimum absolute atomic E-state index is 0.0789. The third-order valence-corrected chi connectivity index (χ3v) is 6.48. The van der Waals surface area contributed by atoms with Gasteiger partial charge in [0.2, 0.25) is 15.9 Å². The number of carbonyl (C=O) groups is 1. The number of hydrogen-bond donors (Lipinski definition) is 1. The van der Waals surface area contributed by atoms with E-state index in [4.69, 9.17) is 16.0 Å². The predicted molar refractivity (Wildman–Crippen MR) is 109 cm³/mol. The molecule has 3 aromatic rings. The highest BCUT2D eigenvalue weighted by Crippen LogP contribution is 2.23. The Morgan fingerprint density at radius 2 is 1.79 bits per heavy atom. The van der Waals surface area contributed by atoms with Crippen molar-refractivity contribution >= 4 is 33.5 Å². The number of rotatable bonds is 7. The summed E-state index contributed by atoms with van der Waals surface area (Å²) in [4.78, 5) is 12.5. The summed E-state index contributed by atoms with van der Waals surface area (Å²) in [5.41, 5.74) is 0.877. The zero-order valence-electron chi connectivity index (χ0n) is 15.8. The lowest BCUT2D eigenvalue weighted by atomic mass is 10.2. The van der Waals surface area contributed by atoms with Gasteiger partial charge in [0, 0.05) is 29.2 Å². The average molecular weight is 435 g/mol. The number of sulfonamides is 1. The van der Waals surface area contributed by atoms with Crippen molar-refractivity contribution < 1.29 is 17.6 Å². The Labute approximate surface area is 173 Å². The van der Waals surface area contributed by atoms with Gasteiger partial charge in [0.25, 0.3) is 5.91 Å². The highest BCUT2D eigenvalue weighted by molar-refractivity contribution is 7.89. The highest BCUT2D eigenvalue weighted by atomic mass is 35.5. The van der Waals surface area contributed by atoms with Crippen molar-refractivity contribution in [1.82, 2.24) is 14.5 Å². The first kappa shape index (κ1) is 21.0. The van der Waals surface area contributed by atoms with Crippen molar-refractivity contribution in [2.75, 3.05) is 18.4 Å². The summed E-state index contributed by atoms with van der Waals surface area (Å²) in [6.45, 7) is 4.27. The van der Waals surface area contributed by atoms with E-state index in [9.17, 15) is 13.2 Å². The molecular weight excluding hydrogens is 416 g/mol. The molecule has 0 saturated heterocycles. The first-order chi connectivity index (χ1) is 13.8. The second-order valence-electron chi connectivity index (χ2n) is 5.99. The van der Waals surface area contributed by atoms with Gasteiger partial charge in [-0.1, -0.05) is 36.6 Å². The molecule has 8 nitrogen and oxygen atoms in total. The first-order valence-electron chi connectivity index (χ1n) is 8.86. The molecule has 0 radical (unpaired) electrons. The van der Waals surface area contributed by atoms with Crippen molar-refractivity contribution in [3.63, 3.8) is 0 Å². The molecule has 10 heteroatoms. The quantitative estimate of drug-likeness (QED) is 0.608. The summed E-state index contributed by atoms with van der Waals surface area (Å²) in [5, 5.41) is 10.7. The third kappa shape index (κ3) is 4.64. The molecule has 0 aliphatic heterocycles. The van der Waals surface area contributed by atoms with Crippen LogP contribution >= 0.6 is 11.6 Å². The van der Waals surface area contributed by atoms with Gasteiger partial charge in [0.15, 0.2) is 0 Å². The Morgan fingerprint density at radius 3 is 2.41 bits per heavy atom. The molecule has 152 valence electrons. The lowest BCUT2D eigenvalue weighted by Gasteiger charge is -2.18. The maximum absolute atomic E-state index is 12.5. The van der Waals surface area contributed by atoms with Crippen LogP contribution < -0.4 is 5.32 Å². The summed E-state index contributed by atoms with van der Waals surface area (Å²) < 4.78 is 31.8. The molecule has 0 saturated carbocycles.